The fourth-order valence-electron chi connectivity index (χ4n) is 1.27. The monoisotopic (exact) mass is 264 g/mol. The molecule has 104 valence electrons. The van der Waals surface area contributed by atoms with Crippen LogP contribution in [-0.2, 0) is 0 Å². The molecule has 0 bridgehead atoms. The number of amides is 2. The minimum absolute atomic E-state index is 0.237. The summed E-state index contributed by atoms with van der Waals surface area (Å²) in [5.74, 6) is 1.53. The molecular weight excluding hydrogens is 244 g/mol. The minimum Gasteiger partial charge on any atom is -0.497 e. The van der Waals surface area contributed by atoms with Gasteiger partial charge in [-0.2, -0.15) is 0 Å². The highest BCUT2D eigenvalue weighted by molar-refractivity contribution is 5.74. The summed E-state index contributed by atoms with van der Waals surface area (Å²) in [5.41, 5.74) is 1.03. The Morgan fingerprint density at radius 2 is 1.84 bits per heavy atom. The van der Waals surface area contributed by atoms with Crippen LogP contribution < -0.4 is 20.1 Å². The van der Waals surface area contributed by atoms with Gasteiger partial charge in [0.2, 0.25) is 0 Å². The first kappa shape index (κ1) is 14.9. The minimum atomic E-state index is -0.237. The second-order valence-electron chi connectivity index (χ2n) is 4.15. The molecule has 1 aromatic rings. The fraction of sp³-hybridized carbons (Fsp3) is 0.357. The summed E-state index contributed by atoms with van der Waals surface area (Å²) in [4.78, 5) is 11.3. The van der Waals surface area contributed by atoms with Crippen molar-refractivity contribution in [2.45, 2.75) is 13.8 Å². The quantitative estimate of drug-likeness (QED) is 0.775. The second kappa shape index (κ2) is 8.02. The first-order valence-corrected chi connectivity index (χ1v) is 6.06. The van der Waals surface area contributed by atoms with E-state index in [0.29, 0.717) is 13.2 Å². The van der Waals surface area contributed by atoms with Crippen molar-refractivity contribution < 1.29 is 14.3 Å². The third kappa shape index (κ3) is 6.35. The summed E-state index contributed by atoms with van der Waals surface area (Å²) in [7, 11) is 1.62. The molecule has 19 heavy (non-hydrogen) atoms. The zero-order valence-corrected chi connectivity index (χ0v) is 11.5. The molecule has 1 rings (SSSR count). The average molecular weight is 264 g/mol. The number of benzene rings is 1. The van der Waals surface area contributed by atoms with Gasteiger partial charge >= 0.3 is 6.03 Å². The van der Waals surface area contributed by atoms with Crippen LogP contribution in [0, 0.1) is 0 Å². The Morgan fingerprint density at radius 3 is 2.42 bits per heavy atom. The molecule has 0 saturated carbocycles. The Bertz CT molecular complexity index is 423. The first-order valence-electron chi connectivity index (χ1n) is 6.06. The molecule has 0 aliphatic rings. The summed E-state index contributed by atoms with van der Waals surface area (Å²) < 4.78 is 10.5. The third-order valence-electron chi connectivity index (χ3n) is 2.21. The Kier molecular flexibility index (Phi) is 6.29. The molecule has 0 spiro atoms. The summed E-state index contributed by atoms with van der Waals surface area (Å²) in [6, 6.07) is 7.05. The standard InChI is InChI=1S/C14H20N2O3/c1-11(2)10-16-14(17)15-8-9-19-13-6-4-12(18-3)5-7-13/h4-7,10H,8-9H2,1-3H3,(H2,15,16,17). The fourth-order valence-corrected chi connectivity index (χ4v) is 1.27. The number of nitrogens with one attached hydrogen (secondary N) is 2. The second-order valence-corrected chi connectivity index (χ2v) is 4.15. The van der Waals surface area contributed by atoms with Crippen molar-refractivity contribution in [2.24, 2.45) is 0 Å². The zero-order chi connectivity index (χ0) is 14.1. The summed E-state index contributed by atoms with van der Waals surface area (Å²) in [6.45, 7) is 4.67. The predicted octanol–water partition coefficient (Wildman–Crippen LogP) is 2.30. The molecule has 0 aliphatic carbocycles. The van der Waals surface area contributed by atoms with Crippen molar-refractivity contribution in [1.29, 1.82) is 0 Å². The van der Waals surface area contributed by atoms with Gasteiger partial charge < -0.3 is 20.1 Å². The van der Waals surface area contributed by atoms with Crippen LogP contribution in [0.2, 0.25) is 0 Å². The van der Waals surface area contributed by atoms with E-state index in [0.717, 1.165) is 17.1 Å². The molecule has 0 fully saturated rings. The van der Waals surface area contributed by atoms with Crippen LogP contribution >= 0.6 is 0 Å². The lowest BCUT2D eigenvalue weighted by atomic mass is 10.3. The number of hydrogen-bond donors (Lipinski definition) is 2. The summed E-state index contributed by atoms with van der Waals surface area (Å²) in [6.07, 6.45) is 1.65. The van der Waals surface area contributed by atoms with Gasteiger partial charge in [0.15, 0.2) is 0 Å². The maximum absolute atomic E-state index is 11.3. The van der Waals surface area contributed by atoms with Crippen molar-refractivity contribution in [3.63, 3.8) is 0 Å². The molecule has 0 unspecified atom stereocenters. The molecule has 1 aromatic carbocycles. The zero-order valence-electron chi connectivity index (χ0n) is 11.5. The normalized spacial score (nSPS) is 9.42. The molecule has 2 N–H and O–H groups in total. The van der Waals surface area contributed by atoms with E-state index < -0.39 is 0 Å². The average Bonchev–Trinajstić information content (AvgIpc) is 2.42. The maximum atomic E-state index is 11.3. The molecule has 5 nitrogen and oxygen atoms in total. The molecule has 2 amide bonds. The molecule has 0 aromatic heterocycles. The third-order valence-corrected chi connectivity index (χ3v) is 2.21. The van der Waals surface area contributed by atoms with Gasteiger partial charge in [-0.05, 0) is 38.1 Å². The largest absolute Gasteiger partial charge is 0.497 e. The van der Waals surface area contributed by atoms with Crippen LogP contribution in [0.1, 0.15) is 13.8 Å². The topological polar surface area (TPSA) is 59.6 Å². The van der Waals surface area contributed by atoms with Crippen molar-refractivity contribution >= 4 is 6.03 Å². The van der Waals surface area contributed by atoms with Crippen LogP contribution in [0.4, 0.5) is 4.79 Å². The Balaban J connectivity index is 2.19. The number of carbonyl (C=O) groups is 1. The number of hydrogen-bond acceptors (Lipinski definition) is 3. The molecular formula is C14H20N2O3. The van der Waals surface area contributed by atoms with Gasteiger partial charge in [0.25, 0.3) is 0 Å². The Labute approximate surface area is 113 Å². The van der Waals surface area contributed by atoms with Crippen LogP contribution in [0.15, 0.2) is 36.0 Å². The molecule has 0 radical (unpaired) electrons. The van der Waals surface area contributed by atoms with Crippen molar-refractivity contribution in [3.05, 3.63) is 36.0 Å². The van der Waals surface area contributed by atoms with Crippen molar-refractivity contribution in [3.8, 4) is 11.5 Å². The molecule has 5 heteroatoms. The molecule has 0 aliphatic heterocycles. The van der Waals surface area contributed by atoms with Gasteiger partial charge in [0, 0.05) is 6.20 Å². The number of rotatable bonds is 6. The maximum Gasteiger partial charge on any atom is 0.318 e. The van der Waals surface area contributed by atoms with E-state index in [1.807, 2.05) is 38.1 Å². The lowest BCUT2D eigenvalue weighted by Gasteiger charge is -2.08. The highest BCUT2D eigenvalue weighted by Crippen LogP contribution is 2.16. The van der Waals surface area contributed by atoms with Gasteiger partial charge in [-0.3, -0.25) is 0 Å². The molecule has 0 saturated heterocycles. The Hall–Kier alpha value is -2.17. The smallest absolute Gasteiger partial charge is 0.318 e. The van der Waals surface area contributed by atoms with Crippen LogP contribution in [-0.4, -0.2) is 26.3 Å². The summed E-state index contributed by atoms with van der Waals surface area (Å²) >= 11 is 0. The van der Waals surface area contributed by atoms with E-state index in [9.17, 15) is 4.79 Å². The predicted molar refractivity (Wildman–Crippen MR) is 74.5 cm³/mol. The van der Waals surface area contributed by atoms with Crippen LogP contribution in [0.5, 0.6) is 11.5 Å². The number of carbonyl (C=O) groups excluding carboxylic acids is 1. The number of urea groups is 1. The lowest BCUT2D eigenvalue weighted by Crippen LogP contribution is -2.35. The number of allylic oxidation sites excluding steroid dienone is 1. The first-order chi connectivity index (χ1) is 9.11. The SMILES string of the molecule is COc1ccc(OCCNC(=O)NC=C(C)C)cc1. The van der Waals surface area contributed by atoms with Gasteiger partial charge in [-0.1, -0.05) is 5.57 Å². The molecule has 0 heterocycles. The van der Waals surface area contributed by atoms with E-state index in [1.54, 1.807) is 13.3 Å². The van der Waals surface area contributed by atoms with Gasteiger partial charge in [-0.15, -0.1) is 0 Å². The number of methoxy groups -OCH3 is 1. The van der Waals surface area contributed by atoms with Crippen molar-refractivity contribution in [1.82, 2.24) is 10.6 Å². The highest BCUT2D eigenvalue weighted by atomic mass is 16.5. The van der Waals surface area contributed by atoms with Crippen LogP contribution in [0.3, 0.4) is 0 Å². The van der Waals surface area contributed by atoms with E-state index in [-0.39, 0.29) is 6.03 Å². The van der Waals surface area contributed by atoms with E-state index in [2.05, 4.69) is 10.6 Å². The van der Waals surface area contributed by atoms with Crippen LogP contribution in [0.25, 0.3) is 0 Å². The van der Waals surface area contributed by atoms with E-state index >= 15 is 0 Å². The lowest BCUT2D eigenvalue weighted by molar-refractivity contribution is 0.239. The van der Waals surface area contributed by atoms with E-state index in [4.69, 9.17) is 9.47 Å². The molecule has 0 atom stereocenters. The van der Waals surface area contributed by atoms with Gasteiger partial charge in [0.1, 0.15) is 18.1 Å². The summed E-state index contributed by atoms with van der Waals surface area (Å²) in [5, 5.41) is 5.30. The van der Waals surface area contributed by atoms with Gasteiger partial charge in [0.05, 0.1) is 13.7 Å². The van der Waals surface area contributed by atoms with E-state index in [1.165, 1.54) is 0 Å². The highest BCUT2D eigenvalue weighted by Gasteiger charge is 1.98. The van der Waals surface area contributed by atoms with Crippen molar-refractivity contribution in [2.75, 3.05) is 20.3 Å². The Morgan fingerprint density at radius 1 is 1.21 bits per heavy atom. The number of ether oxygens (including phenoxy) is 2. The van der Waals surface area contributed by atoms with Gasteiger partial charge in [-0.25, -0.2) is 4.79 Å².